The van der Waals surface area contributed by atoms with Crippen LogP contribution < -0.4 is 5.73 Å². The third kappa shape index (κ3) is 3.17. The molecule has 0 amide bonds. The monoisotopic (exact) mass is 267 g/mol. The molecule has 1 atom stereocenters. The van der Waals surface area contributed by atoms with Crippen LogP contribution in [0, 0.1) is 0 Å². The maximum atomic E-state index is 11.5. The van der Waals surface area contributed by atoms with Gasteiger partial charge in [0.15, 0.2) is 5.78 Å². The van der Waals surface area contributed by atoms with E-state index in [1.807, 2.05) is 0 Å². The summed E-state index contributed by atoms with van der Waals surface area (Å²) in [7, 11) is 0. The fraction of sp³-hybridized carbons (Fsp3) is 0.250. The van der Waals surface area contributed by atoms with Crippen LogP contribution in [0.2, 0.25) is 8.67 Å². The number of hydrogen-bond acceptors (Lipinski definition) is 4. The molecule has 0 bridgehead atoms. The van der Waals surface area contributed by atoms with Crippen LogP contribution in [-0.2, 0) is 4.79 Å². The molecule has 1 aromatic heterocycles. The third-order valence-electron chi connectivity index (χ3n) is 1.68. The summed E-state index contributed by atoms with van der Waals surface area (Å²) in [6, 6.07) is 0.193. The van der Waals surface area contributed by atoms with Crippen LogP contribution in [0.5, 0.6) is 0 Å². The number of thiophene rings is 1. The summed E-state index contributed by atoms with van der Waals surface area (Å²) in [5.41, 5.74) is 5.44. The summed E-state index contributed by atoms with van der Waals surface area (Å²) in [5.74, 6) is -1.64. The Kier molecular flexibility index (Phi) is 4.10. The fourth-order valence-electron chi connectivity index (χ4n) is 0.927. The van der Waals surface area contributed by atoms with Crippen molar-refractivity contribution in [1.29, 1.82) is 0 Å². The number of carbonyl (C=O) groups excluding carboxylic acids is 1. The number of halogens is 2. The average Bonchev–Trinajstić information content (AvgIpc) is 2.44. The number of Topliss-reactive ketones (excluding diaryl/α,β-unsaturated/α-hetero) is 1. The van der Waals surface area contributed by atoms with Crippen LogP contribution in [0.4, 0.5) is 0 Å². The topological polar surface area (TPSA) is 80.4 Å². The molecule has 82 valence electrons. The highest BCUT2D eigenvalue weighted by molar-refractivity contribution is 7.20. The van der Waals surface area contributed by atoms with Gasteiger partial charge >= 0.3 is 5.97 Å². The van der Waals surface area contributed by atoms with E-state index in [-0.39, 0.29) is 16.3 Å². The van der Waals surface area contributed by atoms with Crippen molar-refractivity contribution in [3.05, 3.63) is 20.3 Å². The van der Waals surface area contributed by atoms with Crippen LogP contribution in [0.15, 0.2) is 6.07 Å². The molecule has 0 aliphatic carbocycles. The van der Waals surface area contributed by atoms with E-state index in [1.165, 1.54) is 6.07 Å². The molecule has 0 aliphatic heterocycles. The summed E-state index contributed by atoms with van der Waals surface area (Å²) in [4.78, 5) is 21.9. The molecule has 0 saturated carbocycles. The lowest BCUT2D eigenvalue weighted by molar-refractivity contribution is -0.138. The molecule has 0 radical (unpaired) electrons. The van der Waals surface area contributed by atoms with Gasteiger partial charge in [0.25, 0.3) is 0 Å². The van der Waals surface area contributed by atoms with Crippen LogP contribution in [-0.4, -0.2) is 22.9 Å². The molecule has 3 N–H and O–H groups in total. The zero-order valence-corrected chi connectivity index (χ0v) is 9.70. The van der Waals surface area contributed by atoms with Gasteiger partial charge in [-0.05, 0) is 6.07 Å². The number of ketones is 1. The Morgan fingerprint density at radius 3 is 2.53 bits per heavy atom. The SMILES string of the molecule is N[C@H](CC(=O)c1cc(Cl)sc1Cl)C(=O)O. The number of aliphatic carboxylic acids is 1. The Morgan fingerprint density at radius 1 is 1.53 bits per heavy atom. The maximum Gasteiger partial charge on any atom is 0.320 e. The Morgan fingerprint density at radius 2 is 2.13 bits per heavy atom. The lowest BCUT2D eigenvalue weighted by atomic mass is 10.1. The summed E-state index contributed by atoms with van der Waals surface area (Å²) in [6.45, 7) is 0. The predicted octanol–water partition coefficient (Wildman–Crippen LogP) is 2.04. The highest BCUT2D eigenvalue weighted by Crippen LogP contribution is 2.31. The van der Waals surface area contributed by atoms with E-state index in [2.05, 4.69) is 0 Å². The first-order valence-electron chi connectivity index (χ1n) is 3.88. The first-order chi connectivity index (χ1) is 6.91. The number of carboxylic acid groups (broad SMARTS) is 1. The van der Waals surface area contributed by atoms with Crippen molar-refractivity contribution in [3.63, 3.8) is 0 Å². The van der Waals surface area contributed by atoms with Gasteiger partial charge in [-0.3, -0.25) is 9.59 Å². The summed E-state index contributed by atoms with van der Waals surface area (Å²) >= 11 is 12.4. The second-order valence-electron chi connectivity index (χ2n) is 2.81. The molecule has 0 fully saturated rings. The number of hydrogen-bond donors (Lipinski definition) is 2. The summed E-state index contributed by atoms with van der Waals surface area (Å²) in [6.07, 6.45) is -0.290. The minimum Gasteiger partial charge on any atom is -0.480 e. The first-order valence-corrected chi connectivity index (χ1v) is 5.45. The molecule has 4 nitrogen and oxygen atoms in total. The van der Waals surface area contributed by atoms with Crippen molar-refractivity contribution in [2.75, 3.05) is 0 Å². The van der Waals surface area contributed by atoms with Gasteiger partial charge in [-0.1, -0.05) is 23.2 Å². The molecule has 0 unspecified atom stereocenters. The Bertz CT molecular complexity index is 405. The molecular formula is C8H7Cl2NO3S. The third-order valence-corrected chi connectivity index (χ3v) is 3.17. The number of carboxylic acids is 1. The molecule has 0 aromatic carbocycles. The smallest absolute Gasteiger partial charge is 0.320 e. The van der Waals surface area contributed by atoms with Crippen LogP contribution >= 0.6 is 34.5 Å². The van der Waals surface area contributed by atoms with Crippen LogP contribution in [0.3, 0.4) is 0 Å². The standard InChI is InChI=1S/C8H7Cl2NO3S/c9-6-1-3(7(10)15-6)5(12)2-4(11)8(13)14/h1,4H,2,11H2,(H,13,14)/t4-/m1/s1. The van der Waals surface area contributed by atoms with Gasteiger partial charge in [0, 0.05) is 12.0 Å². The minimum atomic E-state index is -1.22. The van der Waals surface area contributed by atoms with Gasteiger partial charge in [0.05, 0.1) is 4.34 Å². The Hall–Kier alpha value is -0.620. The number of carbonyl (C=O) groups is 2. The maximum absolute atomic E-state index is 11.5. The van der Waals surface area contributed by atoms with Gasteiger partial charge in [-0.25, -0.2) is 0 Å². The lowest BCUT2D eigenvalue weighted by Crippen LogP contribution is -2.32. The van der Waals surface area contributed by atoms with Gasteiger partial charge in [-0.2, -0.15) is 0 Å². The lowest BCUT2D eigenvalue weighted by Gasteiger charge is -2.03. The fourth-order valence-corrected chi connectivity index (χ4v) is 2.43. The van der Waals surface area contributed by atoms with E-state index >= 15 is 0 Å². The Balaban J connectivity index is 2.77. The van der Waals surface area contributed by atoms with E-state index in [0.29, 0.717) is 4.34 Å². The van der Waals surface area contributed by atoms with E-state index in [0.717, 1.165) is 11.3 Å². The molecule has 15 heavy (non-hydrogen) atoms. The quantitative estimate of drug-likeness (QED) is 0.819. The highest BCUT2D eigenvalue weighted by Gasteiger charge is 2.20. The minimum absolute atomic E-state index is 0.225. The van der Waals surface area contributed by atoms with E-state index in [4.69, 9.17) is 34.0 Å². The molecular weight excluding hydrogens is 261 g/mol. The van der Waals surface area contributed by atoms with Crippen molar-refractivity contribution >= 4 is 46.3 Å². The van der Waals surface area contributed by atoms with Gasteiger partial charge < -0.3 is 10.8 Å². The van der Waals surface area contributed by atoms with Crippen molar-refractivity contribution < 1.29 is 14.7 Å². The summed E-state index contributed by atoms with van der Waals surface area (Å²) in [5, 5.41) is 8.52. The largest absolute Gasteiger partial charge is 0.480 e. The van der Waals surface area contributed by atoms with Crippen LogP contribution in [0.25, 0.3) is 0 Å². The van der Waals surface area contributed by atoms with E-state index < -0.39 is 17.8 Å². The summed E-state index contributed by atoms with van der Waals surface area (Å²) < 4.78 is 0.634. The average molecular weight is 268 g/mol. The molecule has 1 rings (SSSR count). The van der Waals surface area contributed by atoms with E-state index in [1.54, 1.807) is 0 Å². The second kappa shape index (κ2) is 4.94. The van der Waals surface area contributed by atoms with Crippen molar-refractivity contribution in [2.45, 2.75) is 12.5 Å². The zero-order chi connectivity index (χ0) is 11.6. The molecule has 0 aliphatic rings. The zero-order valence-electron chi connectivity index (χ0n) is 7.37. The van der Waals surface area contributed by atoms with Crippen molar-refractivity contribution in [3.8, 4) is 0 Å². The van der Waals surface area contributed by atoms with Crippen molar-refractivity contribution in [2.24, 2.45) is 5.73 Å². The molecule has 1 heterocycles. The van der Waals surface area contributed by atoms with Gasteiger partial charge in [0.2, 0.25) is 0 Å². The molecule has 1 aromatic rings. The predicted molar refractivity (Wildman–Crippen MR) is 58.9 cm³/mol. The number of rotatable bonds is 4. The normalized spacial score (nSPS) is 12.5. The van der Waals surface area contributed by atoms with E-state index in [9.17, 15) is 9.59 Å². The first kappa shape index (κ1) is 12.4. The Labute approximate surface area is 99.6 Å². The molecule has 0 spiro atoms. The van der Waals surface area contributed by atoms with Crippen molar-refractivity contribution in [1.82, 2.24) is 0 Å². The number of nitrogens with two attached hydrogens (primary N) is 1. The van der Waals surface area contributed by atoms with Crippen LogP contribution in [0.1, 0.15) is 16.8 Å². The van der Waals surface area contributed by atoms with Gasteiger partial charge in [-0.15, -0.1) is 11.3 Å². The highest BCUT2D eigenvalue weighted by atomic mass is 35.5. The van der Waals surface area contributed by atoms with Gasteiger partial charge in [0.1, 0.15) is 10.4 Å². The molecule has 7 heteroatoms. The molecule has 0 saturated heterocycles. The second-order valence-corrected chi connectivity index (χ2v) is 5.10.